The molecule has 3 rings (SSSR count). The van der Waals surface area contributed by atoms with Gasteiger partial charge in [-0.25, -0.2) is 0 Å². The van der Waals surface area contributed by atoms with Gasteiger partial charge < -0.3 is 5.32 Å². The number of hydrazine groups is 1. The Labute approximate surface area is 145 Å². The number of rotatable bonds is 2. The highest BCUT2D eigenvalue weighted by Gasteiger charge is 2.38. The van der Waals surface area contributed by atoms with Crippen LogP contribution in [0.3, 0.4) is 0 Å². The molecule has 1 aliphatic heterocycles. The minimum absolute atomic E-state index is 0.271. The van der Waals surface area contributed by atoms with Gasteiger partial charge in [0.1, 0.15) is 0 Å². The van der Waals surface area contributed by atoms with Crippen molar-refractivity contribution in [1.82, 2.24) is 10.0 Å². The van der Waals surface area contributed by atoms with Crippen LogP contribution in [-0.2, 0) is 0 Å². The monoisotopic (exact) mass is 339 g/mol. The van der Waals surface area contributed by atoms with Gasteiger partial charge in [0, 0.05) is 12.7 Å². The Morgan fingerprint density at radius 1 is 1.00 bits per heavy atom. The van der Waals surface area contributed by atoms with Gasteiger partial charge in [-0.2, -0.15) is 5.01 Å². The highest BCUT2D eigenvalue weighted by atomic mass is 32.1. The number of nitrogens with zero attached hydrogens (tertiary/aromatic N) is 2. The van der Waals surface area contributed by atoms with Gasteiger partial charge >= 0.3 is 0 Å². The third-order valence-electron chi connectivity index (χ3n) is 4.12. The zero-order valence-electron chi connectivity index (χ0n) is 13.7. The van der Waals surface area contributed by atoms with Crippen molar-refractivity contribution < 1.29 is 9.59 Å². The largest absolute Gasteiger partial charge is 0.331 e. The van der Waals surface area contributed by atoms with E-state index >= 15 is 0 Å². The molecule has 2 amide bonds. The number of carbonyl (C=O) groups excluding carboxylic acids is 2. The molecule has 0 unspecified atom stereocenters. The fourth-order valence-corrected chi connectivity index (χ4v) is 2.76. The molecule has 122 valence electrons. The number of amides is 2. The molecular weight excluding hydrogens is 322 g/mol. The quantitative estimate of drug-likeness (QED) is 0.673. The third-order valence-corrected chi connectivity index (χ3v) is 4.49. The predicted octanol–water partition coefficient (Wildman–Crippen LogP) is 3.14. The first-order chi connectivity index (χ1) is 11.4. The van der Waals surface area contributed by atoms with Crippen molar-refractivity contribution in [3.8, 4) is 0 Å². The Morgan fingerprint density at radius 3 is 2.12 bits per heavy atom. The van der Waals surface area contributed by atoms with Gasteiger partial charge in [0.05, 0.1) is 11.1 Å². The zero-order valence-corrected chi connectivity index (χ0v) is 14.5. The Kier molecular flexibility index (Phi) is 4.07. The van der Waals surface area contributed by atoms with E-state index in [9.17, 15) is 9.59 Å². The molecule has 6 heteroatoms. The SMILES string of the molecule is Cc1ccc(NC(=S)N(C)N2C(=O)c3ccccc3C2=O)cc1C. The number of benzene rings is 2. The van der Waals surface area contributed by atoms with E-state index in [0.29, 0.717) is 11.1 Å². The summed E-state index contributed by atoms with van der Waals surface area (Å²) in [5.74, 6) is -0.746. The van der Waals surface area contributed by atoms with Gasteiger partial charge in [-0.1, -0.05) is 18.2 Å². The zero-order chi connectivity index (χ0) is 17.4. The van der Waals surface area contributed by atoms with Crippen molar-refractivity contribution in [2.45, 2.75) is 13.8 Å². The van der Waals surface area contributed by atoms with E-state index in [1.807, 2.05) is 32.0 Å². The van der Waals surface area contributed by atoms with E-state index in [1.54, 1.807) is 31.3 Å². The molecule has 0 bridgehead atoms. The second-order valence-corrected chi connectivity index (χ2v) is 6.11. The van der Waals surface area contributed by atoms with Crippen LogP contribution in [0.2, 0.25) is 0 Å². The van der Waals surface area contributed by atoms with Crippen LogP contribution in [0, 0.1) is 13.8 Å². The van der Waals surface area contributed by atoms with Crippen molar-refractivity contribution in [3.63, 3.8) is 0 Å². The first-order valence-corrected chi connectivity index (χ1v) is 7.90. The van der Waals surface area contributed by atoms with Crippen LogP contribution in [-0.4, -0.2) is 34.0 Å². The lowest BCUT2D eigenvalue weighted by molar-refractivity contribution is 0.0366. The molecular formula is C18H17N3O2S. The van der Waals surface area contributed by atoms with Gasteiger partial charge in [-0.15, -0.1) is 0 Å². The fourth-order valence-electron chi connectivity index (χ4n) is 2.56. The van der Waals surface area contributed by atoms with Gasteiger partial charge in [-0.05, 0) is 61.5 Å². The molecule has 0 spiro atoms. The number of hydrogen-bond donors (Lipinski definition) is 1. The van der Waals surface area contributed by atoms with Crippen molar-refractivity contribution in [3.05, 3.63) is 64.7 Å². The van der Waals surface area contributed by atoms with Crippen LogP contribution in [0.25, 0.3) is 0 Å². The summed E-state index contributed by atoms with van der Waals surface area (Å²) in [5.41, 5.74) is 3.91. The summed E-state index contributed by atoms with van der Waals surface area (Å²) in [6.45, 7) is 4.04. The number of anilines is 1. The van der Waals surface area contributed by atoms with E-state index in [2.05, 4.69) is 5.32 Å². The molecule has 0 fully saturated rings. The fraction of sp³-hybridized carbons (Fsp3) is 0.167. The van der Waals surface area contributed by atoms with Crippen LogP contribution in [0.15, 0.2) is 42.5 Å². The molecule has 0 aromatic heterocycles. The number of fused-ring (bicyclic) bond motifs is 1. The maximum Gasteiger partial charge on any atom is 0.280 e. The Hall–Kier alpha value is -2.73. The van der Waals surface area contributed by atoms with Crippen LogP contribution in [0.1, 0.15) is 31.8 Å². The number of nitrogens with one attached hydrogen (secondary N) is 1. The minimum atomic E-state index is -0.373. The molecule has 0 atom stereocenters. The predicted molar refractivity (Wildman–Crippen MR) is 96.8 cm³/mol. The first kappa shape index (κ1) is 16.1. The molecule has 5 nitrogen and oxygen atoms in total. The Bertz CT molecular complexity index is 828. The number of hydrogen-bond acceptors (Lipinski definition) is 3. The van der Waals surface area contributed by atoms with E-state index < -0.39 is 0 Å². The van der Waals surface area contributed by atoms with Gasteiger partial charge in [0.15, 0.2) is 5.11 Å². The Balaban J connectivity index is 1.80. The standard InChI is InChI=1S/C18H17N3O2S/c1-11-8-9-13(10-12(11)2)19-18(24)20(3)21-16(22)14-6-4-5-7-15(14)17(21)23/h4-10H,1-3H3,(H,19,24). The normalized spacial score (nSPS) is 13.0. The van der Waals surface area contributed by atoms with Crippen LogP contribution < -0.4 is 5.32 Å². The van der Waals surface area contributed by atoms with Gasteiger partial charge in [-0.3, -0.25) is 14.6 Å². The number of thiocarbonyl (C=S) groups is 1. The average molecular weight is 339 g/mol. The number of imide groups is 1. The second-order valence-electron chi connectivity index (χ2n) is 5.72. The smallest absolute Gasteiger partial charge is 0.280 e. The molecule has 2 aromatic carbocycles. The molecule has 1 aliphatic rings. The van der Waals surface area contributed by atoms with Crippen LogP contribution >= 0.6 is 12.2 Å². The lowest BCUT2D eigenvalue weighted by Crippen LogP contribution is -2.48. The van der Waals surface area contributed by atoms with Gasteiger partial charge in [0.2, 0.25) is 0 Å². The average Bonchev–Trinajstić information content (AvgIpc) is 2.82. The lowest BCUT2D eigenvalue weighted by atomic mass is 10.1. The Morgan fingerprint density at radius 2 is 1.58 bits per heavy atom. The molecule has 1 N–H and O–H groups in total. The molecule has 0 radical (unpaired) electrons. The minimum Gasteiger partial charge on any atom is -0.331 e. The third kappa shape index (κ3) is 2.65. The van der Waals surface area contributed by atoms with E-state index in [4.69, 9.17) is 12.2 Å². The van der Waals surface area contributed by atoms with E-state index in [1.165, 1.54) is 10.6 Å². The van der Waals surface area contributed by atoms with Crippen molar-refractivity contribution >= 4 is 34.8 Å². The molecule has 0 aliphatic carbocycles. The molecule has 24 heavy (non-hydrogen) atoms. The summed E-state index contributed by atoms with van der Waals surface area (Å²) >= 11 is 5.36. The van der Waals surface area contributed by atoms with E-state index in [0.717, 1.165) is 16.3 Å². The highest BCUT2D eigenvalue weighted by molar-refractivity contribution is 7.80. The van der Waals surface area contributed by atoms with Crippen LogP contribution in [0.5, 0.6) is 0 Å². The highest BCUT2D eigenvalue weighted by Crippen LogP contribution is 2.24. The maximum atomic E-state index is 12.5. The molecule has 0 saturated carbocycles. The maximum absolute atomic E-state index is 12.5. The number of carbonyl (C=O) groups is 2. The lowest BCUT2D eigenvalue weighted by Gasteiger charge is -2.28. The number of aryl methyl sites for hydroxylation is 2. The van der Waals surface area contributed by atoms with Crippen LogP contribution in [0.4, 0.5) is 5.69 Å². The van der Waals surface area contributed by atoms with Crippen molar-refractivity contribution in [2.24, 2.45) is 0 Å². The molecule has 1 heterocycles. The summed E-state index contributed by atoms with van der Waals surface area (Å²) < 4.78 is 0. The van der Waals surface area contributed by atoms with Gasteiger partial charge in [0.25, 0.3) is 11.8 Å². The topological polar surface area (TPSA) is 52.6 Å². The summed E-state index contributed by atoms with van der Waals surface area (Å²) in [5, 5.41) is 5.76. The molecule has 2 aromatic rings. The first-order valence-electron chi connectivity index (χ1n) is 7.50. The van der Waals surface area contributed by atoms with Crippen molar-refractivity contribution in [2.75, 3.05) is 12.4 Å². The summed E-state index contributed by atoms with van der Waals surface area (Å²) in [7, 11) is 1.60. The van der Waals surface area contributed by atoms with E-state index in [-0.39, 0.29) is 16.9 Å². The second kappa shape index (κ2) is 6.05. The van der Waals surface area contributed by atoms with Crippen molar-refractivity contribution in [1.29, 1.82) is 0 Å². The summed E-state index contributed by atoms with van der Waals surface area (Å²) in [6.07, 6.45) is 0. The summed E-state index contributed by atoms with van der Waals surface area (Å²) in [4.78, 5) is 25.0. The summed E-state index contributed by atoms with van der Waals surface area (Å²) in [6, 6.07) is 12.6. The molecule has 0 saturated heterocycles.